The molecule has 0 bridgehead atoms. The van der Waals surface area contributed by atoms with Crippen molar-refractivity contribution >= 4 is 5.96 Å². The minimum atomic E-state index is -0.755. The fourth-order valence-corrected chi connectivity index (χ4v) is 3.09. The summed E-state index contributed by atoms with van der Waals surface area (Å²) in [5.41, 5.74) is 0.980. The minimum absolute atomic E-state index is 0.267. The van der Waals surface area contributed by atoms with Crippen molar-refractivity contribution in [1.82, 2.24) is 10.2 Å². The second kappa shape index (κ2) is 8.43. The van der Waals surface area contributed by atoms with Crippen molar-refractivity contribution in [1.29, 1.82) is 0 Å². The largest absolute Gasteiger partial charge is 0.497 e. The van der Waals surface area contributed by atoms with Gasteiger partial charge in [0.2, 0.25) is 0 Å². The smallest absolute Gasteiger partial charge is 0.194 e. The Bertz CT molecular complexity index is 602. The molecule has 1 aliphatic rings. The molecule has 6 heteroatoms. The Morgan fingerprint density at radius 3 is 2.68 bits per heavy atom. The number of aliphatic hydroxyl groups excluding tert-OH is 1. The lowest BCUT2D eigenvalue weighted by atomic mass is 9.93. The quantitative estimate of drug-likeness (QED) is 0.610. The summed E-state index contributed by atoms with van der Waals surface area (Å²) in [7, 11) is 3.20. The number of guanidine groups is 1. The third kappa shape index (κ3) is 5.01. The summed E-state index contributed by atoms with van der Waals surface area (Å²) in [6.45, 7) is 9.61. The number of aliphatic imine (C=N–C) groups is 1. The summed E-state index contributed by atoms with van der Waals surface area (Å²) in [5, 5.41) is 14.0. The molecule has 1 fully saturated rings. The first-order valence-corrected chi connectivity index (χ1v) is 8.83. The molecule has 0 aliphatic carbocycles. The molecule has 6 nitrogen and oxygen atoms in total. The average molecular weight is 349 g/mol. The molecule has 0 saturated carbocycles. The first-order chi connectivity index (χ1) is 11.9. The number of nitrogens with one attached hydrogen (secondary N) is 1. The van der Waals surface area contributed by atoms with Gasteiger partial charge in [0, 0.05) is 25.2 Å². The van der Waals surface area contributed by atoms with E-state index in [-0.39, 0.29) is 6.54 Å². The van der Waals surface area contributed by atoms with Gasteiger partial charge in [-0.2, -0.15) is 0 Å². The summed E-state index contributed by atoms with van der Waals surface area (Å²) in [4.78, 5) is 6.92. The predicted octanol–water partition coefficient (Wildman–Crippen LogP) is 2.43. The molecule has 1 saturated heterocycles. The molecule has 25 heavy (non-hydrogen) atoms. The Morgan fingerprint density at radius 1 is 1.36 bits per heavy atom. The Labute approximate surface area is 150 Å². The van der Waals surface area contributed by atoms with Crippen LogP contribution < -0.4 is 14.8 Å². The summed E-state index contributed by atoms with van der Waals surface area (Å²) in [6.07, 6.45) is 0.387. The van der Waals surface area contributed by atoms with Gasteiger partial charge in [0.05, 0.1) is 20.8 Å². The van der Waals surface area contributed by atoms with E-state index in [9.17, 15) is 5.11 Å². The molecule has 1 aromatic rings. The molecule has 2 N–H and O–H groups in total. The lowest BCUT2D eigenvalue weighted by Gasteiger charge is -2.24. The fraction of sp³-hybridized carbons (Fsp3) is 0.632. The van der Waals surface area contributed by atoms with Gasteiger partial charge >= 0.3 is 0 Å². The van der Waals surface area contributed by atoms with Crippen LogP contribution in [0.5, 0.6) is 11.5 Å². The van der Waals surface area contributed by atoms with Crippen LogP contribution >= 0.6 is 0 Å². The van der Waals surface area contributed by atoms with Gasteiger partial charge < -0.3 is 24.8 Å². The van der Waals surface area contributed by atoms with Crippen LogP contribution in [-0.2, 0) is 0 Å². The molecule has 1 unspecified atom stereocenters. The summed E-state index contributed by atoms with van der Waals surface area (Å²) in [5.74, 6) is 2.18. The van der Waals surface area contributed by atoms with E-state index in [1.165, 1.54) is 0 Å². The molecule has 0 spiro atoms. The molecule has 2 rings (SSSR count). The van der Waals surface area contributed by atoms with Crippen molar-refractivity contribution in [2.24, 2.45) is 10.4 Å². The Hall–Kier alpha value is -1.95. The molecular weight excluding hydrogens is 318 g/mol. The topological polar surface area (TPSA) is 66.3 Å². The Kier molecular flexibility index (Phi) is 6.53. The van der Waals surface area contributed by atoms with Crippen LogP contribution in [0.15, 0.2) is 23.2 Å². The maximum atomic E-state index is 10.6. The lowest BCUT2D eigenvalue weighted by Crippen LogP contribution is -2.41. The van der Waals surface area contributed by atoms with Gasteiger partial charge in [0.15, 0.2) is 5.96 Å². The molecule has 0 amide bonds. The number of nitrogens with zero attached hydrogens (tertiary/aromatic N) is 2. The van der Waals surface area contributed by atoms with E-state index in [4.69, 9.17) is 9.47 Å². The average Bonchev–Trinajstić information content (AvgIpc) is 2.97. The zero-order valence-electron chi connectivity index (χ0n) is 16.0. The molecule has 0 aromatic heterocycles. The van der Waals surface area contributed by atoms with Crippen molar-refractivity contribution in [3.05, 3.63) is 23.8 Å². The summed E-state index contributed by atoms with van der Waals surface area (Å²) in [6, 6.07) is 5.41. The molecule has 1 heterocycles. The molecule has 1 aromatic carbocycles. The molecule has 140 valence electrons. The van der Waals surface area contributed by atoms with Crippen LogP contribution in [0.4, 0.5) is 0 Å². The maximum Gasteiger partial charge on any atom is 0.194 e. The number of ether oxygens (including phenoxy) is 2. The monoisotopic (exact) mass is 349 g/mol. The SMILES string of the molecule is CCNC(=NCC(O)c1cc(OC)ccc1OC)N1CCC(C)(C)C1. The van der Waals surface area contributed by atoms with Gasteiger partial charge in [-0.3, -0.25) is 4.99 Å². The predicted molar refractivity (Wildman–Crippen MR) is 100 cm³/mol. The molecule has 1 atom stereocenters. The van der Waals surface area contributed by atoms with Crippen LogP contribution in [0, 0.1) is 5.41 Å². The zero-order chi connectivity index (χ0) is 18.4. The van der Waals surface area contributed by atoms with Gasteiger partial charge in [-0.05, 0) is 37.0 Å². The third-order valence-corrected chi connectivity index (χ3v) is 4.52. The highest BCUT2D eigenvalue weighted by atomic mass is 16.5. The fourth-order valence-electron chi connectivity index (χ4n) is 3.09. The van der Waals surface area contributed by atoms with Crippen molar-refractivity contribution in [2.75, 3.05) is 40.4 Å². The second-order valence-corrected chi connectivity index (χ2v) is 7.15. The highest BCUT2D eigenvalue weighted by Crippen LogP contribution is 2.30. The first kappa shape index (κ1) is 19.4. The second-order valence-electron chi connectivity index (χ2n) is 7.15. The van der Waals surface area contributed by atoms with E-state index in [0.29, 0.717) is 22.5 Å². The van der Waals surface area contributed by atoms with E-state index >= 15 is 0 Å². The van der Waals surface area contributed by atoms with E-state index in [2.05, 4.69) is 36.0 Å². The van der Waals surface area contributed by atoms with Crippen molar-refractivity contribution < 1.29 is 14.6 Å². The van der Waals surface area contributed by atoms with E-state index < -0.39 is 6.10 Å². The number of rotatable bonds is 6. The van der Waals surface area contributed by atoms with Crippen LogP contribution in [0.25, 0.3) is 0 Å². The number of methoxy groups -OCH3 is 2. The number of likely N-dealkylation sites (tertiary alicyclic amines) is 1. The minimum Gasteiger partial charge on any atom is -0.497 e. The first-order valence-electron chi connectivity index (χ1n) is 8.83. The highest BCUT2D eigenvalue weighted by Gasteiger charge is 2.31. The van der Waals surface area contributed by atoms with E-state index in [1.54, 1.807) is 26.4 Å². The lowest BCUT2D eigenvalue weighted by molar-refractivity contribution is 0.181. The van der Waals surface area contributed by atoms with E-state index in [0.717, 1.165) is 32.0 Å². The normalized spacial score (nSPS) is 18.2. The highest BCUT2D eigenvalue weighted by molar-refractivity contribution is 5.80. The number of aliphatic hydroxyl groups is 1. The molecular formula is C19H31N3O3. The molecule has 0 radical (unpaired) electrons. The number of benzene rings is 1. The summed E-state index contributed by atoms with van der Waals surface area (Å²) < 4.78 is 10.6. The van der Waals surface area contributed by atoms with Crippen molar-refractivity contribution in [2.45, 2.75) is 33.3 Å². The van der Waals surface area contributed by atoms with Gasteiger partial charge in [-0.1, -0.05) is 13.8 Å². The van der Waals surface area contributed by atoms with Crippen LogP contribution in [-0.4, -0.2) is 56.4 Å². The van der Waals surface area contributed by atoms with Crippen molar-refractivity contribution in [3.8, 4) is 11.5 Å². The zero-order valence-corrected chi connectivity index (χ0v) is 16.0. The van der Waals surface area contributed by atoms with Gasteiger partial charge in [-0.25, -0.2) is 0 Å². The number of hydrogen-bond donors (Lipinski definition) is 2. The molecule has 1 aliphatic heterocycles. The van der Waals surface area contributed by atoms with E-state index in [1.807, 2.05) is 6.07 Å². The van der Waals surface area contributed by atoms with Gasteiger partial charge in [-0.15, -0.1) is 0 Å². The van der Waals surface area contributed by atoms with Gasteiger partial charge in [0.25, 0.3) is 0 Å². The van der Waals surface area contributed by atoms with Crippen LogP contribution in [0.1, 0.15) is 38.9 Å². The van der Waals surface area contributed by atoms with Crippen molar-refractivity contribution in [3.63, 3.8) is 0 Å². The Morgan fingerprint density at radius 2 is 2.12 bits per heavy atom. The summed E-state index contributed by atoms with van der Waals surface area (Å²) >= 11 is 0. The maximum absolute atomic E-state index is 10.6. The third-order valence-electron chi connectivity index (χ3n) is 4.52. The Balaban J connectivity index is 2.14. The van der Waals surface area contributed by atoms with Crippen LogP contribution in [0.2, 0.25) is 0 Å². The van der Waals surface area contributed by atoms with Crippen LogP contribution in [0.3, 0.4) is 0 Å². The van der Waals surface area contributed by atoms with Gasteiger partial charge in [0.1, 0.15) is 17.6 Å². The number of hydrogen-bond acceptors (Lipinski definition) is 4. The standard InChI is InChI=1S/C19H31N3O3/c1-6-20-18(22-10-9-19(2,3)13-22)21-12-16(23)15-11-14(24-4)7-8-17(15)25-5/h7-8,11,16,23H,6,9-10,12-13H2,1-5H3,(H,20,21).